The third kappa shape index (κ3) is 9.94. The number of hydrogen-bond acceptors (Lipinski definition) is 4. The van der Waals surface area contributed by atoms with Crippen LogP contribution in [0.25, 0.3) is 0 Å². The fourth-order valence-corrected chi connectivity index (χ4v) is 3.92. The van der Waals surface area contributed by atoms with Gasteiger partial charge in [0.2, 0.25) is 0 Å². The van der Waals surface area contributed by atoms with Crippen LogP contribution in [0.15, 0.2) is 29.3 Å². The van der Waals surface area contributed by atoms with Crippen molar-refractivity contribution in [3.63, 3.8) is 0 Å². The minimum atomic E-state index is 0. The van der Waals surface area contributed by atoms with E-state index in [0.717, 1.165) is 38.7 Å². The maximum atomic E-state index is 5.67. The van der Waals surface area contributed by atoms with Crippen LogP contribution in [-0.2, 0) is 27.4 Å². The minimum absolute atomic E-state index is 0. The summed E-state index contributed by atoms with van der Waals surface area (Å²) < 4.78 is 16.3. The summed E-state index contributed by atoms with van der Waals surface area (Å²) in [6, 6.07) is 8.47. The van der Waals surface area contributed by atoms with E-state index in [-0.39, 0.29) is 24.0 Å². The van der Waals surface area contributed by atoms with Crippen LogP contribution in [0.4, 0.5) is 0 Å². The monoisotopic (exact) mass is 533 g/mol. The molecule has 0 spiro atoms. The normalized spacial score (nSPS) is 15.6. The molecular weight excluding hydrogens is 493 g/mol. The largest absolute Gasteiger partial charge is 0.385 e. The lowest BCUT2D eigenvalue weighted by molar-refractivity contribution is 0.0453. The average molecular weight is 533 g/mol. The van der Waals surface area contributed by atoms with Gasteiger partial charge in [-0.15, -0.1) is 24.0 Å². The molecule has 2 rings (SSSR count). The molecule has 1 fully saturated rings. The molecule has 6 nitrogen and oxygen atoms in total. The molecule has 172 valence electrons. The zero-order valence-electron chi connectivity index (χ0n) is 18.9. The highest BCUT2D eigenvalue weighted by Gasteiger charge is 2.33. The molecule has 0 amide bonds. The zero-order valence-corrected chi connectivity index (χ0v) is 21.2. The van der Waals surface area contributed by atoms with Crippen molar-refractivity contribution in [1.82, 2.24) is 10.6 Å². The molecule has 1 saturated carbocycles. The number of methoxy groups -OCH3 is 1. The zero-order chi connectivity index (χ0) is 20.8. The molecule has 2 N–H and O–H groups in total. The van der Waals surface area contributed by atoms with Crippen LogP contribution in [0.1, 0.15) is 50.2 Å². The highest BCUT2D eigenvalue weighted by Crippen LogP contribution is 2.40. The van der Waals surface area contributed by atoms with Gasteiger partial charge in [-0.1, -0.05) is 37.1 Å². The smallest absolute Gasteiger partial charge is 0.191 e. The Morgan fingerprint density at radius 2 is 1.80 bits per heavy atom. The average Bonchev–Trinajstić information content (AvgIpc) is 3.22. The van der Waals surface area contributed by atoms with E-state index < -0.39 is 0 Å². The number of benzene rings is 1. The van der Waals surface area contributed by atoms with Crippen LogP contribution < -0.4 is 10.6 Å². The molecule has 0 aromatic heterocycles. The van der Waals surface area contributed by atoms with Crippen molar-refractivity contribution in [2.45, 2.75) is 52.2 Å². The van der Waals surface area contributed by atoms with E-state index in [9.17, 15) is 0 Å². The molecule has 0 aliphatic heterocycles. The van der Waals surface area contributed by atoms with Crippen LogP contribution in [-0.4, -0.2) is 53.1 Å². The Bertz CT molecular complexity index is 607. The highest BCUT2D eigenvalue weighted by atomic mass is 127. The third-order valence-electron chi connectivity index (χ3n) is 5.65. The molecule has 0 radical (unpaired) electrons. The summed E-state index contributed by atoms with van der Waals surface area (Å²) in [6.45, 7) is 7.10. The van der Waals surface area contributed by atoms with Gasteiger partial charge in [-0.05, 0) is 42.7 Å². The molecule has 7 heteroatoms. The summed E-state index contributed by atoms with van der Waals surface area (Å²) in [5, 5.41) is 6.99. The first kappa shape index (κ1) is 27.1. The summed E-state index contributed by atoms with van der Waals surface area (Å²) in [6.07, 6.45) is 6.28. The van der Waals surface area contributed by atoms with E-state index >= 15 is 0 Å². The topological polar surface area (TPSA) is 64.1 Å². The maximum Gasteiger partial charge on any atom is 0.191 e. The second kappa shape index (κ2) is 15.8. The Balaban J connectivity index is 0.00000450. The van der Waals surface area contributed by atoms with E-state index in [1.807, 2.05) is 14.0 Å². The lowest BCUT2D eigenvalue weighted by atomic mass is 9.83. The van der Waals surface area contributed by atoms with Gasteiger partial charge in [0, 0.05) is 40.5 Å². The fraction of sp³-hybridized carbons (Fsp3) is 0.696. The summed E-state index contributed by atoms with van der Waals surface area (Å²) >= 11 is 0. The second-order valence-corrected chi connectivity index (χ2v) is 7.80. The standard InChI is InChI=1S/C23H39N3O3.HI/c1-4-28-14-15-29-18-21-9-7-8-20(16-21)17-25-22(24-2)26-19-23(12-13-27-3)10-5-6-11-23;/h7-9,16H,4-6,10-15,17-19H2,1-3H3,(H2,24,25,26);1H. The number of guanidine groups is 1. The molecule has 1 aliphatic rings. The van der Waals surface area contributed by atoms with Gasteiger partial charge in [0.05, 0.1) is 19.8 Å². The molecular formula is C23H40IN3O3. The molecule has 1 aliphatic carbocycles. The minimum Gasteiger partial charge on any atom is -0.385 e. The number of halogens is 1. The Morgan fingerprint density at radius 3 is 2.50 bits per heavy atom. The summed E-state index contributed by atoms with van der Waals surface area (Å²) in [7, 11) is 3.61. The third-order valence-corrected chi connectivity index (χ3v) is 5.65. The second-order valence-electron chi connectivity index (χ2n) is 7.80. The van der Waals surface area contributed by atoms with Crippen molar-refractivity contribution in [3.8, 4) is 0 Å². The van der Waals surface area contributed by atoms with Crippen LogP contribution in [0.5, 0.6) is 0 Å². The number of nitrogens with one attached hydrogen (secondary N) is 2. The van der Waals surface area contributed by atoms with Gasteiger partial charge < -0.3 is 24.8 Å². The van der Waals surface area contributed by atoms with Crippen molar-refractivity contribution in [2.24, 2.45) is 10.4 Å². The molecule has 0 heterocycles. The van der Waals surface area contributed by atoms with Gasteiger partial charge in [0.15, 0.2) is 5.96 Å². The van der Waals surface area contributed by atoms with Crippen LogP contribution in [0.2, 0.25) is 0 Å². The van der Waals surface area contributed by atoms with Gasteiger partial charge in [-0.2, -0.15) is 0 Å². The molecule has 0 unspecified atom stereocenters. The van der Waals surface area contributed by atoms with Crippen LogP contribution >= 0.6 is 24.0 Å². The molecule has 0 saturated heterocycles. The van der Waals surface area contributed by atoms with Crippen LogP contribution in [0.3, 0.4) is 0 Å². The first-order valence-corrected chi connectivity index (χ1v) is 10.9. The number of nitrogens with zero attached hydrogens (tertiary/aromatic N) is 1. The number of ether oxygens (including phenoxy) is 3. The summed E-state index contributed by atoms with van der Waals surface area (Å²) in [4.78, 5) is 4.40. The number of rotatable bonds is 13. The predicted octanol–water partition coefficient (Wildman–Crippen LogP) is 4.12. The van der Waals surface area contributed by atoms with Gasteiger partial charge in [-0.25, -0.2) is 0 Å². The molecule has 1 aromatic carbocycles. The molecule has 1 aromatic rings. The molecule has 0 bridgehead atoms. The van der Waals surface area contributed by atoms with Crippen molar-refractivity contribution in [3.05, 3.63) is 35.4 Å². The van der Waals surface area contributed by atoms with E-state index in [1.165, 1.54) is 36.8 Å². The SMILES string of the molecule is CCOCCOCc1cccc(CNC(=NC)NCC2(CCOC)CCCC2)c1.I. The van der Waals surface area contributed by atoms with E-state index in [1.54, 1.807) is 7.11 Å². The molecule has 30 heavy (non-hydrogen) atoms. The first-order valence-electron chi connectivity index (χ1n) is 10.9. The van der Waals surface area contributed by atoms with Crippen LogP contribution in [0, 0.1) is 5.41 Å². The Morgan fingerprint density at radius 1 is 1.07 bits per heavy atom. The maximum absolute atomic E-state index is 5.67. The highest BCUT2D eigenvalue weighted by molar-refractivity contribution is 14.0. The van der Waals surface area contributed by atoms with E-state index in [2.05, 4.69) is 39.9 Å². The Hall–Kier alpha value is -0.900. The number of hydrogen-bond donors (Lipinski definition) is 2. The van der Waals surface area contributed by atoms with Gasteiger partial charge in [-0.3, -0.25) is 4.99 Å². The predicted molar refractivity (Wildman–Crippen MR) is 134 cm³/mol. The first-order chi connectivity index (χ1) is 14.2. The summed E-state index contributed by atoms with van der Waals surface area (Å²) in [5.41, 5.74) is 2.73. The quantitative estimate of drug-likeness (QED) is 0.173. The van der Waals surface area contributed by atoms with E-state index in [4.69, 9.17) is 14.2 Å². The Kier molecular flexibility index (Phi) is 14.3. The van der Waals surface area contributed by atoms with Crippen molar-refractivity contribution < 1.29 is 14.2 Å². The number of aliphatic imine (C=N–C) groups is 1. The van der Waals surface area contributed by atoms with Crippen molar-refractivity contribution in [1.29, 1.82) is 0 Å². The summed E-state index contributed by atoms with van der Waals surface area (Å²) in [5.74, 6) is 0.854. The lowest BCUT2D eigenvalue weighted by Gasteiger charge is -2.30. The van der Waals surface area contributed by atoms with Gasteiger partial charge in [0.25, 0.3) is 0 Å². The van der Waals surface area contributed by atoms with Crippen molar-refractivity contribution >= 4 is 29.9 Å². The van der Waals surface area contributed by atoms with Crippen molar-refractivity contribution in [2.75, 3.05) is 47.1 Å². The van der Waals surface area contributed by atoms with E-state index in [0.29, 0.717) is 25.2 Å². The van der Waals surface area contributed by atoms with Gasteiger partial charge >= 0.3 is 0 Å². The van der Waals surface area contributed by atoms with Gasteiger partial charge in [0.1, 0.15) is 0 Å². The Labute approximate surface area is 199 Å². The lowest BCUT2D eigenvalue weighted by Crippen LogP contribution is -2.43. The molecule has 0 atom stereocenters. The fourth-order valence-electron chi connectivity index (χ4n) is 3.92.